The maximum Gasteiger partial charge on any atom is 0.310 e. The smallest absolute Gasteiger partial charge is 0.310 e. The van der Waals surface area contributed by atoms with Crippen molar-refractivity contribution in [2.75, 3.05) is 0 Å². The molecule has 0 radical (unpaired) electrons. The van der Waals surface area contributed by atoms with E-state index in [9.17, 15) is 19.8 Å². The minimum Gasteiger partial charge on any atom is -0.481 e. The summed E-state index contributed by atoms with van der Waals surface area (Å²) in [4.78, 5) is 24.2. The molecule has 5 unspecified atom stereocenters. The molecule has 0 heterocycles. The van der Waals surface area contributed by atoms with Gasteiger partial charge in [-0.2, -0.15) is 0 Å². The Balaban J connectivity index is 2.41. The molecule has 0 aromatic carbocycles. The van der Waals surface area contributed by atoms with Crippen molar-refractivity contribution in [3.05, 3.63) is 0 Å². The van der Waals surface area contributed by atoms with Gasteiger partial charge in [-0.05, 0) is 37.0 Å². The molecule has 2 aliphatic carbocycles. The summed E-state index contributed by atoms with van der Waals surface area (Å²) in [7, 11) is 0. The summed E-state index contributed by atoms with van der Waals surface area (Å²) in [6.45, 7) is 4.04. The molecule has 2 rings (SSSR count). The number of carbonyl (C=O) groups is 2. The minimum absolute atomic E-state index is 0.00731. The largest absolute Gasteiger partial charge is 0.481 e. The molecule has 2 saturated carbocycles. The van der Waals surface area contributed by atoms with Gasteiger partial charge in [0.05, 0.1) is 11.3 Å². The van der Waals surface area contributed by atoms with Crippen LogP contribution in [0.4, 0.5) is 0 Å². The molecule has 4 nitrogen and oxygen atoms in total. The molecule has 2 N–H and O–H groups in total. The molecule has 0 amide bonds. The Hall–Kier alpha value is -1.06. The SMILES string of the molecule is CC1CCCCC1C(C(=O)O)C1(C(=O)O)CCCCC1C. The van der Waals surface area contributed by atoms with Crippen molar-refractivity contribution in [1.82, 2.24) is 0 Å². The quantitative estimate of drug-likeness (QED) is 0.827. The molecule has 21 heavy (non-hydrogen) atoms. The topological polar surface area (TPSA) is 74.6 Å². The average Bonchev–Trinajstić information content (AvgIpc) is 2.42. The fraction of sp³-hybridized carbons (Fsp3) is 0.882. The normalized spacial score (nSPS) is 38.7. The van der Waals surface area contributed by atoms with E-state index in [1.807, 2.05) is 6.92 Å². The summed E-state index contributed by atoms with van der Waals surface area (Å²) in [5.74, 6) is -2.26. The third-order valence-electron chi connectivity index (χ3n) is 6.18. The highest BCUT2D eigenvalue weighted by molar-refractivity contribution is 5.84. The Kier molecular flexibility index (Phi) is 4.95. The first-order valence-electron chi connectivity index (χ1n) is 8.37. The third kappa shape index (κ3) is 2.82. The lowest BCUT2D eigenvalue weighted by molar-refractivity contribution is -0.176. The van der Waals surface area contributed by atoms with E-state index in [0.29, 0.717) is 12.3 Å². The van der Waals surface area contributed by atoms with E-state index in [1.54, 1.807) is 0 Å². The number of hydrogen-bond acceptors (Lipinski definition) is 2. The predicted molar refractivity (Wildman–Crippen MR) is 79.9 cm³/mol. The molecular formula is C17H28O4. The van der Waals surface area contributed by atoms with Gasteiger partial charge in [0, 0.05) is 0 Å². The van der Waals surface area contributed by atoms with Crippen LogP contribution in [0.2, 0.25) is 0 Å². The Morgan fingerprint density at radius 2 is 1.62 bits per heavy atom. The van der Waals surface area contributed by atoms with Crippen molar-refractivity contribution in [3.63, 3.8) is 0 Å². The van der Waals surface area contributed by atoms with Gasteiger partial charge in [0.1, 0.15) is 0 Å². The monoisotopic (exact) mass is 296 g/mol. The van der Waals surface area contributed by atoms with Crippen LogP contribution < -0.4 is 0 Å². The molecule has 2 fully saturated rings. The maximum atomic E-state index is 12.1. The predicted octanol–water partition coefficient (Wildman–Crippen LogP) is 3.79. The lowest BCUT2D eigenvalue weighted by atomic mass is 9.54. The fourth-order valence-corrected chi connectivity index (χ4v) is 4.91. The van der Waals surface area contributed by atoms with Gasteiger partial charge in [0.25, 0.3) is 0 Å². The molecule has 0 spiro atoms. The molecular weight excluding hydrogens is 268 g/mol. The van der Waals surface area contributed by atoms with Gasteiger partial charge in [-0.15, -0.1) is 0 Å². The summed E-state index contributed by atoms with van der Waals surface area (Å²) in [5, 5.41) is 19.8. The Morgan fingerprint density at radius 3 is 2.14 bits per heavy atom. The summed E-state index contributed by atoms with van der Waals surface area (Å²) >= 11 is 0. The highest BCUT2D eigenvalue weighted by Gasteiger charge is 2.57. The van der Waals surface area contributed by atoms with Gasteiger partial charge in [-0.1, -0.05) is 46.0 Å². The molecule has 0 bridgehead atoms. The Labute approximate surface area is 126 Å². The second kappa shape index (κ2) is 6.37. The van der Waals surface area contributed by atoms with Gasteiger partial charge >= 0.3 is 11.9 Å². The molecule has 0 aliphatic heterocycles. The first kappa shape index (κ1) is 16.3. The lowest BCUT2D eigenvalue weighted by Gasteiger charge is -2.48. The second-order valence-corrected chi connectivity index (χ2v) is 7.23. The summed E-state index contributed by atoms with van der Waals surface area (Å²) in [6.07, 6.45) is 7.26. The van der Waals surface area contributed by atoms with Crippen LogP contribution >= 0.6 is 0 Å². The van der Waals surface area contributed by atoms with E-state index in [4.69, 9.17) is 0 Å². The van der Waals surface area contributed by atoms with Crippen LogP contribution in [0.3, 0.4) is 0 Å². The van der Waals surface area contributed by atoms with E-state index < -0.39 is 23.3 Å². The van der Waals surface area contributed by atoms with E-state index in [0.717, 1.165) is 44.9 Å². The van der Waals surface area contributed by atoms with Crippen LogP contribution in [0.5, 0.6) is 0 Å². The van der Waals surface area contributed by atoms with Gasteiger partial charge < -0.3 is 10.2 Å². The Morgan fingerprint density at radius 1 is 1.00 bits per heavy atom. The maximum absolute atomic E-state index is 12.1. The van der Waals surface area contributed by atoms with Crippen LogP contribution in [-0.4, -0.2) is 22.2 Å². The first-order valence-corrected chi connectivity index (χ1v) is 8.37. The van der Waals surface area contributed by atoms with Crippen molar-refractivity contribution < 1.29 is 19.8 Å². The van der Waals surface area contributed by atoms with Crippen molar-refractivity contribution in [2.24, 2.45) is 29.1 Å². The van der Waals surface area contributed by atoms with Gasteiger partial charge in [-0.3, -0.25) is 9.59 Å². The van der Waals surface area contributed by atoms with Crippen LogP contribution in [-0.2, 0) is 9.59 Å². The van der Waals surface area contributed by atoms with E-state index >= 15 is 0 Å². The zero-order valence-corrected chi connectivity index (χ0v) is 13.2. The molecule has 120 valence electrons. The number of carboxylic acid groups (broad SMARTS) is 2. The van der Waals surface area contributed by atoms with Crippen LogP contribution in [0.15, 0.2) is 0 Å². The summed E-state index contributed by atoms with van der Waals surface area (Å²) in [6, 6.07) is 0. The highest BCUT2D eigenvalue weighted by atomic mass is 16.4. The second-order valence-electron chi connectivity index (χ2n) is 7.23. The van der Waals surface area contributed by atoms with Crippen molar-refractivity contribution in [1.29, 1.82) is 0 Å². The fourth-order valence-electron chi connectivity index (χ4n) is 4.91. The molecule has 5 atom stereocenters. The molecule has 0 aromatic rings. The average molecular weight is 296 g/mol. The van der Waals surface area contributed by atoms with Crippen LogP contribution in [0.1, 0.15) is 65.2 Å². The summed E-state index contributed by atoms with van der Waals surface area (Å²) < 4.78 is 0. The lowest BCUT2D eigenvalue weighted by Crippen LogP contribution is -2.53. The number of aliphatic carboxylic acids is 2. The zero-order chi connectivity index (χ0) is 15.6. The molecule has 4 heteroatoms. The van der Waals surface area contributed by atoms with Gasteiger partial charge in [0.2, 0.25) is 0 Å². The zero-order valence-electron chi connectivity index (χ0n) is 13.2. The van der Waals surface area contributed by atoms with Crippen molar-refractivity contribution in [2.45, 2.75) is 65.2 Å². The number of hydrogen-bond donors (Lipinski definition) is 2. The van der Waals surface area contributed by atoms with Crippen LogP contribution in [0, 0.1) is 29.1 Å². The van der Waals surface area contributed by atoms with Gasteiger partial charge in [0.15, 0.2) is 0 Å². The first-order chi connectivity index (χ1) is 9.91. The highest BCUT2D eigenvalue weighted by Crippen LogP contribution is 2.53. The van der Waals surface area contributed by atoms with E-state index in [1.165, 1.54) is 0 Å². The van der Waals surface area contributed by atoms with Crippen molar-refractivity contribution >= 4 is 11.9 Å². The molecule has 0 aromatic heterocycles. The van der Waals surface area contributed by atoms with Crippen molar-refractivity contribution in [3.8, 4) is 0 Å². The van der Waals surface area contributed by atoms with Gasteiger partial charge in [-0.25, -0.2) is 0 Å². The minimum atomic E-state index is -1.07. The van der Waals surface area contributed by atoms with Crippen LogP contribution in [0.25, 0.3) is 0 Å². The van der Waals surface area contributed by atoms with E-state index in [-0.39, 0.29) is 11.8 Å². The third-order valence-corrected chi connectivity index (χ3v) is 6.18. The summed E-state index contributed by atoms with van der Waals surface area (Å²) in [5.41, 5.74) is -1.07. The standard InChI is InChI=1S/C17H28O4/c1-11-7-3-4-9-13(11)14(15(18)19)17(16(20)21)10-6-5-8-12(17)2/h11-14H,3-10H2,1-2H3,(H,18,19)(H,20,21). The molecule has 0 saturated heterocycles. The van der Waals surface area contributed by atoms with E-state index in [2.05, 4.69) is 6.92 Å². The number of carboxylic acids is 2. The number of rotatable bonds is 4. The molecule has 2 aliphatic rings. The Bertz CT molecular complexity index is 406.